The van der Waals surface area contributed by atoms with Gasteiger partial charge in [0.25, 0.3) is 0 Å². The van der Waals surface area contributed by atoms with E-state index in [4.69, 9.17) is 0 Å². The van der Waals surface area contributed by atoms with Crippen LogP contribution in [0, 0.1) is 0 Å². The lowest BCUT2D eigenvalue weighted by Crippen LogP contribution is -2.44. The molecule has 0 unspecified atom stereocenters. The predicted octanol–water partition coefficient (Wildman–Crippen LogP) is 3.20. The van der Waals surface area contributed by atoms with Crippen molar-refractivity contribution in [2.24, 2.45) is 0 Å². The largest absolute Gasteiger partial charge is 0.461 e. The molecule has 1 aromatic carbocycles. The highest BCUT2D eigenvalue weighted by atomic mass is 19.4. The number of hydrogen-bond donors (Lipinski definition) is 0. The number of alkyl halides is 5. The molecule has 0 N–H and O–H groups in total. The van der Waals surface area contributed by atoms with Gasteiger partial charge in [-0.2, -0.15) is 22.0 Å². The Balaban J connectivity index is 3.51. The molecule has 0 aliphatic carbocycles. The molecule has 1 aromatic rings. The minimum absolute atomic E-state index is 0.0106. The molecule has 0 atom stereocenters. The van der Waals surface area contributed by atoms with Gasteiger partial charge in [-0.15, -0.1) is 0 Å². The zero-order valence-corrected chi connectivity index (χ0v) is 11.9. The first-order chi connectivity index (χ1) is 9.41. The molecule has 0 heterocycles. The lowest BCUT2D eigenvalue weighted by Gasteiger charge is -2.26. The topological polar surface area (TPSA) is 23.6 Å². The first-order valence-electron chi connectivity index (χ1n) is 5.88. The molecule has 0 bridgehead atoms. The SMILES string of the molecule is CN(C)c1cccc(C(=O)C(F)(F)C(F)(F)F)c1N(C)C. The summed E-state index contributed by atoms with van der Waals surface area (Å²) in [6.07, 6.45) is -5.93. The van der Waals surface area contributed by atoms with Crippen LogP contribution in [-0.2, 0) is 0 Å². The van der Waals surface area contributed by atoms with Gasteiger partial charge in [0.1, 0.15) is 0 Å². The summed E-state index contributed by atoms with van der Waals surface area (Å²) in [4.78, 5) is 14.6. The summed E-state index contributed by atoms with van der Waals surface area (Å²) in [5.41, 5.74) is -0.297. The Labute approximate surface area is 118 Å². The Hall–Kier alpha value is -1.86. The minimum Gasteiger partial charge on any atom is -0.376 e. The fraction of sp³-hybridized carbons (Fsp3) is 0.462. The molecular formula is C13H15F5N2O. The Bertz CT molecular complexity index is 538. The van der Waals surface area contributed by atoms with Crippen LogP contribution in [-0.4, -0.2) is 46.1 Å². The molecule has 21 heavy (non-hydrogen) atoms. The van der Waals surface area contributed by atoms with E-state index in [1.807, 2.05) is 0 Å². The van der Waals surface area contributed by atoms with E-state index in [1.54, 1.807) is 14.1 Å². The maximum atomic E-state index is 13.3. The Morgan fingerprint density at radius 2 is 1.48 bits per heavy atom. The Morgan fingerprint density at radius 1 is 0.952 bits per heavy atom. The third kappa shape index (κ3) is 3.08. The van der Waals surface area contributed by atoms with E-state index in [9.17, 15) is 26.7 Å². The number of ketones is 1. The molecule has 0 saturated carbocycles. The van der Waals surface area contributed by atoms with Crippen molar-refractivity contribution in [3.05, 3.63) is 23.8 Å². The number of Topliss-reactive ketones (excluding diaryl/α,β-unsaturated/α-hetero) is 1. The van der Waals surface area contributed by atoms with E-state index in [0.29, 0.717) is 5.69 Å². The van der Waals surface area contributed by atoms with Crippen LogP contribution in [0.25, 0.3) is 0 Å². The smallest absolute Gasteiger partial charge is 0.376 e. The second-order valence-electron chi connectivity index (χ2n) is 4.86. The van der Waals surface area contributed by atoms with Crippen molar-refractivity contribution in [1.29, 1.82) is 0 Å². The molecule has 8 heteroatoms. The molecule has 0 aromatic heterocycles. The summed E-state index contributed by atoms with van der Waals surface area (Å²) in [6, 6.07) is 3.75. The number of carbonyl (C=O) groups excluding carboxylic acids is 1. The highest BCUT2D eigenvalue weighted by molar-refractivity contribution is 6.08. The van der Waals surface area contributed by atoms with Crippen molar-refractivity contribution in [2.75, 3.05) is 38.0 Å². The standard InChI is InChI=1S/C13H15F5N2O/c1-19(2)9-7-5-6-8(10(9)20(3)4)11(21)12(14,15)13(16,17)18/h5-7H,1-4H3. The molecule has 0 aliphatic rings. The summed E-state index contributed by atoms with van der Waals surface area (Å²) in [5.74, 6) is -7.69. The fourth-order valence-corrected chi connectivity index (χ4v) is 1.84. The third-order valence-corrected chi connectivity index (χ3v) is 2.83. The lowest BCUT2D eigenvalue weighted by atomic mass is 10.0. The van der Waals surface area contributed by atoms with Gasteiger partial charge in [-0.25, -0.2) is 0 Å². The number of para-hydroxylation sites is 1. The van der Waals surface area contributed by atoms with Crippen LogP contribution in [0.1, 0.15) is 10.4 Å². The highest BCUT2D eigenvalue weighted by Crippen LogP contribution is 2.41. The first-order valence-corrected chi connectivity index (χ1v) is 5.88. The van der Waals surface area contributed by atoms with Crippen molar-refractivity contribution in [2.45, 2.75) is 12.1 Å². The molecule has 1 rings (SSSR count). The summed E-state index contributed by atoms with van der Waals surface area (Å²) in [5, 5.41) is 0. The first kappa shape index (κ1) is 17.2. The zero-order chi connectivity index (χ0) is 16.6. The average Bonchev–Trinajstić information content (AvgIpc) is 2.35. The van der Waals surface area contributed by atoms with Crippen LogP contribution in [0.2, 0.25) is 0 Å². The second kappa shape index (κ2) is 5.50. The Morgan fingerprint density at radius 3 is 1.86 bits per heavy atom. The van der Waals surface area contributed by atoms with Gasteiger partial charge in [-0.05, 0) is 12.1 Å². The lowest BCUT2D eigenvalue weighted by molar-refractivity contribution is -0.255. The summed E-state index contributed by atoms with van der Waals surface area (Å²) < 4.78 is 63.7. The number of carbonyl (C=O) groups is 1. The molecule has 0 radical (unpaired) electrons. The van der Waals surface area contributed by atoms with E-state index in [2.05, 4.69) is 0 Å². The normalized spacial score (nSPS) is 12.2. The van der Waals surface area contributed by atoms with E-state index in [0.717, 1.165) is 6.07 Å². The molecule has 0 fully saturated rings. The van der Waals surface area contributed by atoms with Gasteiger partial charge in [0.2, 0.25) is 5.78 Å². The van der Waals surface area contributed by atoms with Gasteiger partial charge in [0, 0.05) is 33.8 Å². The number of hydrogen-bond acceptors (Lipinski definition) is 3. The van der Waals surface area contributed by atoms with Crippen molar-refractivity contribution < 1.29 is 26.7 Å². The van der Waals surface area contributed by atoms with Gasteiger partial charge in [0.05, 0.1) is 11.4 Å². The van der Waals surface area contributed by atoms with Crippen LogP contribution in [0.3, 0.4) is 0 Å². The number of anilines is 2. The van der Waals surface area contributed by atoms with E-state index in [-0.39, 0.29) is 5.69 Å². The molecule has 0 spiro atoms. The third-order valence-electron chi connectivity index (χ3n) is 2.83. The van der Waals surface area contributed by atoms with Crippen molar-refractivity contribution in [1.82, 2.24) is 0 Å². The molecule has 0 amide bonds. The number of nitrogens with zero attached hydrogens (tertiary/aromatic N) is 2. The van der Waals surface area contributed by atoms with Crippen LogP contribution in [0.5, 0.6) is 0 Å². The fourth-order valence-electron chi connectivity index (χ4n) is 1.84. The van der Waals surface area contributed by atoms with Gasteiger partial charge < -0.3 is 9.80 Å². The van der Waals surface area contributed by atoms with Crippen molar-refractivity contribution in [3.8, 4) is 0 Å². The van der Waals surface area contributed by atoms with Crippen LogP contribution >= 0.6 is 0 Å². The monoisotopic (exact) mass is 310 g/mol. The number of halogens is 5. The maximum absolute atomic E-state index is 13.3. The van der Waals surface area contributed by atoms with Gasteiger partial charge in [-0.3, -0.25) is 4.79 Å². The molecule has 3 nitrogen and oxygen atoms in total. The molecule has 118 valence electrons. The van der Waals surface area contributed by atoms with Gasteiger partial charge in [0.15, 0.2) is 0 Å². The van der Waals surface area contributed by atoms with Gasteiger partial charge in [-0.1, -0.05) is 6.07 Å². The molecular weight excluding hydrogens is 295 g/mol. The van der Waals surface area contributed by atoms with E-state index in [1.165, 1.54) is 36.0 Å². The predicted molar refractivity (Wildman–Crippen MR) is 70.4 cm³/mol. The number of benzene rings is 1. The van der Waals surface area contributed by atoms with Crippen LogP contribution < -0.4 is 9.80 Å². The van der Waals surface area contributed by atoms with Crippen molar-refractivity contribution in [3.63, 3.8) is 0 Å². The second-order valence-corrected chi connectivity index (χ2v) is 4.86. The summed E-state index contributed by atoms with van der Waals surface area (Å²) in [6.45, 7) is 0. The minimum atomic E-state index is -5.93. The van der Waals surface area contributed by atoms with E-state index >= 15 is 0 Å². The van der Waals surface area contributed by atoms with Gasteiger partial charge >= 0.3 is 12.1 Å². The van der Waals surface area contributed by atoms with Crippen LogP contribution in [0.15, 0.2) is 18.2 Å². The highest BCUT2D eigenvalue weighted by Gasteiger charge is 2.63. The average molecular weight is 310 g/mol. The quantitative estimate of drug-likeness (QED) is 0.630. The molecule has 0 saturated heterocycles. The zero-order valence-electron chi connectivity index (χ0n) is 11.9. The molecule has 0 aliphatic heterocycles. The van der Waals surface area contributed by atoms with E-state index < -0.39 is 23.4 Å². The summed E-state index contributed by atoms with van der Waals surface area (Å²) >= 11 is 0. The Kier molecular flexibility index (Phi) is 4.50. The van der Waals surface area contributed by atoms with Crippen LogP contribution in [0.4, 0.5) is 33.3 Å². The van der Waals surface area contributed by atoms with Crippen molar-refractivity contribution >= 4 is 17.2 Å². The number of rotatable bonds is 4. The summed E-state index contributed by atoms with van der Waals surface area (Å²) in [7, 11) is 6.12. The maximum Gasteiger partial charge on any atom is 0.461 e.